The zero-order chi connectivity index (χ0) is 14.1. The van der Waals surface area contributed by atoms with Crippen LogP contribution >= 0.6 is 23.2 Å². The molecule has 1 aliphatic rings. The van der Waals surface area contributed by atoms with E-state index < -0.39 is 0 Å². The molecule has 3 rings (SSSR count). The number of aromatic nitrogens is 2. The highest BCUT2D eigenvalue weighted by molar-refractivity contribution is 6.35. The summed E-state index contributed by atoms with van der Waals surface area (Å²) in [4.78, 5) is 0. The first-order chi connectivity index (χ1) is 9.65. The predicted octanol–water partition coefficient (Wildman–Crippen LogP) is 4.07. The lowest BCUT2D eigenvalue weighted by atomic mass is 10.0. The van der Waals surface area contributed by atoms with Crippen molar-refractivity contribution < 1.29 is 0 Å². The van der Waals surface area contributed by atoms with Crippen molar-refractivity contribution in [1.82, 2.24) is 9.78 Å². The highest BCUT2D eigenvalue weighted by atomic mass is 35.5. The number of benzene rings is 1. The zero-order valence-corrected chi connectivity index (χ0v) is 12.9. The Bertz CT molecular complexity index is 634. The molecule has 0 aliphatic carbocycles. The van der Waals surface area contributed by atoms with Gasteiger partial charge in [-0.05, 0) is 37.0 Å². The van der Waals surface area contributed by atoms with E-state index in [0.29, 0.717) is 10.0 Å². The van der Waals surface area contributed by atoms with Gasteiger partial charge >= 0.3 is 0 Å². The van der Waals surface area contributed by atoms with Crippen LogP contribution < -0.4 is 5.32 Å². The molecule has 1 N–H and O–H groups in total. The minimum atomic E-state index is 0.667. The molecule has 0 fully saturated rings. The molecule has 0 radical (unpaired) electrons. The van der Waals surface area contributed by atoms with Crippen LogP contribution in [0.5, 0.6) is 0 Å². The third-order valence-corrected chi connectivity index (χ3v) is 4.33. The van der Waals surface area contributed by atoms with Gasteiger partial charge in [-0.1, -0.05) is 29.3 Å². The topological polar surface area (TPSA) is 29.9 Å². The Balaban J connectivity index is 1.95. The molecule has 106 valence electrons. The molecule has 3 nitrogen and oxygen atoms in total. The Morgan fingerprint density at radius 2 is 2.15 bits per heavy atom. The van der Waals surface area contributed by atoms with Crippen molar-refractivity contribution in [2.75, 3.05) is 11.9 Å². The Labute approximate surface area is 128 Å². The molecule has 0 spiro atoms. The molecule has 0 bridgehead atoms. The lowest BCUT2D eigenvalue weighted by Gasteiger charge is -2.05. The lowest BCUT2D eigenvalue weighted by Crippen LogP contribution is -2.04. The van der Waals surface area contributed by atoms with Gasteiger partial charge in [0.1, 0.15) is 5.82 Å². The highest BCUT2D eigenvalue weighted by Crippen LogP contribution is 2.29. The van der Waals surface area contributed by atoms with Crippen LogP contribution in [0.4, 0.5) is 5.82 Å². The second kappa shape index (κ2) is 5.66. The molecular formula is C15H17Cl2N3. The predicted molar refractivity (Wildman–Crippen MR) is 83.9 cm³/mol. The van der Waals surface area contributed by atoms with E-state index in [2.05, 4.69) is 10.4 Å². The van der Waals surface area contributed by atoms with Gasteiger partial charge in [-0.25, -0.2) is 0 Å². The zero-order valence-electron chi connectivity index (χ0n) is 11.4. The first-order valence-electron chi connectivity index (χ1n) is 6.87. The Hall–Kier alpha value is -1.19. The fourth-order valence-corrected chi connectivity index (χ4v) is 3.20. The fourth-order valence-electron chi connectivity index (χ4n) is 2.73. The van der Waals surface area contributed by atoms with Crippen molar-refractivity contribution in [1.29, 1.82) is 0 Å². The summed E-state index contributed by atoms with van der Waals surface area (Å²) in [5, 5.41) is 9.50. The molecular weight excluding hydrogens is 293 g/mol. The van der Waals surface area contributed by atoms with Crippen LogP contribution in [0.2, 0.25) is 10.0 Å². The first-order valence-corrected chi connectivity index (χ1v) is 7.63. The number of anilines is 1. The third kappa shape index (κ3) is 2.65. The maximum atomic E-state index is 6.27. The summed E-state index contributed by atoms with van der Waals surface area (Å²) in [6.45, 7) is 1.02. The molecule has 5 heteroatoms. The maximum Gasteiger partial charge on any atom is 0.127 e. The Morgan fingerprint density at radius 1 is 1.30 bits per heavy atom. The molecule has 0 unspecified atom stereocenters. The molecule has 2 heterocycles. The van der Waals surface area contributed by atoms with Crippen LogP contribution in [0.25, 0.3) is 0 Å². The molecule has 0 amide bonds. The number of aryl methyl sites for hydroxylation is 1. The van der Waals surface area contributed by atoms with Gasteiger partial charge < -0.3 is 5.32 Å². The Morgan fingerprint density at radius 3 is 2.95 bits per heavy atom. The van der Waals surface area contributed by atoms with Gasteiger partial charge in [-0.2, -0.15) is 5.10 Å². The van der Waals surface area contributed by atoms with Gasteiger partial charge in [0.25, 0.3) is 0 Å². The van der Waals surface area contributed by atoms with Gasteiger partial charge in [0.2, 0.25) is 0 Å². The molecule has 2 aromatic rings. The summed E-state index contributed by atoms with van der Waals surface area (Å²) < 4.78 is 1.94. The van der Waals surface area contributed by atoms with E-state index in [0.717, 1.165) is 36.5 Å². The van der Waals surface area contributed by atoms with Gasteiger partial charge in [-0.15, -0.1) is 0 Å². The van der Waals surface area contributed by atoms with Crippen LogP contribution in [0.1, 0.15) is 29.7 Å². The number of hydrogen-bond acceptors (Lipinski definition) is 2. The van der Waals surface area contributed by atoms with Crippen LogP contribution in [-0.2, 0) is 19.9 Å². The first kappa shape index (κ1) is 13.8. The van der Waals surface area contributed by atoms with Crippen molar-refractivity contribution >= 4 is 29.0 Å². The van der Waals surface area contributed by atoms with Crippen molar-refractivity contribution in [3.8, 4) is 0 Å². The summed E-state index contributed by atoms with van der Waals surface area (Å²) in [7, 11) is 1.99. The number of rotatable bonds is 2. The van der Waals surface area contributed by atoms with E-state index in [-0.39, 0.29) is 0 Å². The van der Waals surface area contributed by atoms with Crippen molar-refractivity contribution in [3.63, 3.8) is 0 Å². The molecule has 0 saturated heterocycles. The lowest BCUT2D eigenvalue weighted by molar-refractivity contribution is 0.735. The molecule has 20 heavy (non-hydrogen) atoms. The van der Waals surface area contributed by atoms with Gasteiger partial charge in [0.05, 0.1) is 5.69 Å². The van der Waals surface area contributed by atoms with Crippen molar-refractivity contribution in [2.45, 2.75) is 25.7 Å². The minimum absolute atomic E-state index is 0.667. The summed E-state index contributed by atoms with van der Waals surface area (Å²) in [5.41, 5.74) is 3.51. The smallest absolute Gasteiger partial charge is 0.127 e. The van der Waals surface area contributed by atoms with Crippen LogP contribution in [0.3, 0.4) is 0 Å². The molecule has 1 aliphatic heterocycles. The SMILES string of the molecule is Cn1nc(Cc2ccc(Cl)cc2Cl)c2c1NCCCC2. The van der Waals surface area contributed by atoms with E-state index in [9.17, 15) is 0 Å². The summed E-state index contributed by atoms with van der Waals surface area (Å²) in [5.74, 6) is 1.16. The number of hydrogen-bond donors (Lipinski definition) is 1. The summed E-state index contributed by atoms with van der Waals surface area (Å²) in [6.07, 6.45) is 4.24. The van der Waals surface area contributed by atoms with Gasteiger partial charge in [0, 0.05) is 35.6 Å². The molecule has 0 atom stereocenters. The standard InChI is InChI=1S/C15H17Cl2N3/c1-20-15-12(4-2-3-7-18-15)14(19-20)8-10-5-6-11(16)9-13(10)17/h5-6,9,18H,2-4,7-8H2,1H3. The summed E-state index contributed by atoms with van der Waals surface area (Å²) >= 11 is 12.2. The number of halogens is 2. The monoisotopic (exact) mass is 309 g/mol. The van der Waals surface area contributed by atoms with E-state index in [4.69, 9.17) is 23.2 Å². The van der Waals surface area contributed by atoms with E-state index >= 15 is 0 Å². The largest absolute Gasteiger partial charge is 0.370 e. The molecule has 0 saturated carbocycles. The fraction of sp³-hybridized carbons (Fsp3) is 0.400. The normalized spacial score (nSPS) is 14.6. The highest BCUT2D eigenvalue weighted by Gasteiger charge is 2.18. The quantitative estimate of drug-likeness (QED) is 0.906. The summed E-state index contributed by atoms with van der Waals surface area (Å²) in [6, 6.07) is 5.65. The third-order valence-electron chi connectivity index (χ3n) is 3.75. The average molecular weight is 310 g/mol. The number of fused-ring (bicyclic) bond motifs is 1. The second-order valence-electron chi connectivity index (χ2n) is 5.19. The molecule has 1 aromatic carbocycles. The van der Waals surface area contributed by atoms with E-state index in [1.54, 1.807) is 6.07 Å². The Kier molecular flexibility index (Phi) is 3.90. The minimum Gasteiger partial charge on any atom is -0.370 e. The van der Waals surface area contributed by atoms with Crippen LogP contribution in [0.15, 0.2) is 18.2 Å². The number of nitrogens with one attached hydrogen (secondary N) is 1. The van der Waals surface area contributed by atoms with Crippen LogP contribution in [-0.4, -0.2) is 16.3 Å². The number of nitrogens with zero attached hydrogens (tertiary/aromatic N) is 2. The second-order valence-corrected chi connectivity index (χ2v) is 6.04. The van der Waals surface area contributed by atoms with E-state index in [1.165, 1.54) is 18.4 Å². The van der Waals surface area contributed by atoms with Gasteiger partial charge in [0.15, 0.2) is 0 Å². The average Bonchev–Trinajstić information content (AvgIpc) is 2.61. The van der Waals surface area contributed by atoms with Crippen LogP contribution in [0, 0.1) is 0 Å². The van der Waals surface area contributed by atoms with Gasteiger partial charge in [-0.3, -0.25) is 4.68 Å². The van der Waals surface area contributed by atoms with Crippen molar-refractivity contribution in [2.24, 2.45) is 7.05 Å². The molecule has 1 aromatic heterocycles. The maximum absolute atomic E-state index is 6.27. The van der Waals surface area contributed by atoms with E-state index in [1.807, 2.05) is 23.9 Å². The van der Waals surface area contributed by atoms with Crippen molar-refractivity contribution in [3.05, 3.63) is 45.1 Å².